The Labute approximate surface area is 127 Å². The minimum atomic E-state index is -0.227. The number of aromatic hydroxyl groups is 1. The van der Waals surface area contributed by atoms with Crippen molar-refractivity contribution in [1.29, 1.82) is 0 Å². The fourth-order valence-corrected chi connectivity index (χ4v) is 2.82. The van der Waals surface area contributed by atoms with Crippen LogP contribution in [0, 0.1) is 0 Å². The van der Waals surface area contributed by atoms with Crippen LogP contribution in [-0.4, -0.2) is 17.6 Å². The number of nitrogens with zero attached hydrogens (tertiary/aromatic N) is 1. The highest BCUT2D eigenvalue weighted by atomic mass is 35.5. The molecule has 0 saturated heterocycles. The zero-order chi connectivity index (χ0) is 15.0. The molecule has 4 nitrogen and oxygen atoms in total. The van der Waals surface area contributed by atoms with E-state index < -0.39 is 0 Å². The summed E-state index contributed by atoms with van der Waals surface area (Å²) in [4.78, 5) is 14.4. The first-order valence-corrected chi connectivity index (χ1v) is 7.10. The molecule has 0 fully saturated rings. The molecule has 0 aromatic heterocycles. The maximum atomic E-state index is 12.7. The van der Waals surface area contributed by atoms with Gasteiger partial charge in [0.2, 0.25) is 0 Å². The third-order valence-electron chi connectivity index (χ3n) is 3.72. The Bertz CT molecular complexity index is 702. The molecular formula is C16H15ClN2O2. The van der Waals surface area contributed by atoms with E-state index in [0.29, 0.717) is 23.6 Å². The summed E-state index contributed by atoms with van der Waals surface area (Å²) in [5.41, 5.74) is 8.15. The number of fused-ring (bicyclic) bond motifs is 1. The summed E-state index contributed by atoms with van der Waals surface area (Å²) in [6.07, 6.45) is 0.694. The molecule has 1 atom stereocenters. The molecule has 2 aromatic rings. The average molecular weight is 303 g/mol. The van der Waals surface area contributed by atoms with Crippen molar-refractivity contribution in [3.8, 4) is 5.75 Å². The van der Waals surface area contributed by atoms with Crippen molar-refractivity contribution in [3.05, 3.63) is 58.6 Å². The Hall–Kier alpha value is -2.04. The van der Waals surface area contributed by atoms with Crippen LogP contribution in [0.15, 0.2) is 42.5 Å². The molecule has 0 saturated carbocycles. The van der Waals surface area contributed by atoms with Gasteiger partial charge in [0.15, 0.2) is 0 Å². The summed E-state index contributed by atoms with van der Waals surface area (Å²) in [5.74, 6) is -0.208. The zero-order valence-electron chi connectivity index (χ0n) is 11.3. The standard InChI is InChI=1S/C16H15ClN2O2/c17-13-6-5-10(20)9-12(13)16(21)19-8-7-14(18)11-3-1-2-4-15(11)19/h1-6,9,14,20H,7-8,18H2. The summed E-state index contributed by atoms with van der Waals surface area (Å²) in [5, 5.41) is 9.90. The number of hydrogen-bond acceptors (Lipinski definition) is 3. The van der Waals surface area contributed by atoms with Gasteiger partial charge in [0.05, 0.1) is 10.6 Å². The second-order valence-electron chi connectivity index (χ2n) is 5.07. The van der Waals surface area contributed by atoms with E-state index in [9.17, 15) is 9.90 Å². The molecule has 1 unspecified atom stereocenters. The van der Waals surface area contributed by atoms with E-state index in [1.54, 1.807) is 4.90 Å². The van der Waals surface area contributed by atoms with Gasteiger partial charge in [-0.15, -0.1) is 0 Å². The molecule has 0 spiro atoms. The minimum Gasteiger partial charge on any atom is -0.508 e. The lowest BCUT2D eigenvalue weighted by molar-refractivity contribution is 0.0984. The molecule has 3 N–H and O–H groups in total. The van der Waals surface area contributed by atoms with E-state index in [-0.39, 0.29) is 17.7 Å². The third kappa shape index (κ3) is 2.48. The number of amides is 1. The molecule has 1 amide bonds. The summed E-state index contributed by atoms with van der Waals surface area (Å²) < 4.78 is 0. The van der Waals surface area contributed by atoms with Crippen LogP contribution in [0.5, 0.6) is 5.75 Å². The molecule has 5 heteroatoms. The van der Waals surface area contributed by atoms with E-state index in [1.807, 2.05) is 24.3 Å². The maximum Gasteiger partial charge on any atom is 0.259 e. The van der Waals surface area contributed by atoms with Gasteiger partial charge in [-0.25, -0.2) is 0 Å². The number of carbonyl (C=O) groups excluding carboxylic acids is 1. The van der Waals surface area contributed by atoms with Gasteiger partial charge in [-0.3, -0.25) is 4.79 Å². The maximum absolute atomic E-state index is 12.7. The molecular weight excluding hydrogens is 288 g/mol. The number of para-hydroxylation sites is 1. The normalized spacial score (nSPS) is 17.4. The molecule has 0 radical (unpaired) electrons. The van der Waals surface area contributed by atoms with Crippen molar-refractivity contribution >= 4 is 23.2 Å². The molecule has 1 aliphatic rings. The van der Waals surface area contributed by atoms with Crippen LogP contribution >= 0.6 is 11.6 Å². The van der Waals surface area contributed by atoms with Crippen LogP contribution in [0.25, 0.3) is 0 Å². The number of hydrogen-bond donors (Lipinski definition) is 2. The number of nitrogens with two attached hydrogens (primary N) is 1. The van der Waals surface area contributed by atoms with Gasteiger partial charge in [-0.1, -0.05) is 29.8 Å². The number of anilines is 1. The summed E-state index contributed by atoms with van der Waals surface area (Å²) >= 11 is 6.08. The first-order valence-electron chi connectivity index (χ1n) is 6.73. The third-order valence-corrected chi connectivity index (χ3v) is 4.05. The molecule has 108 valence electrons. The number of carbonyl (C=O) groups is 1. The first kappa shape index (κ1) is 13.9. The van der Waals surface area contributed by atoms with Gasteiger partial charge in [0, 0.05) is 18.3 Å². The number of phenolic OH excluding ortho intramolecular Hbond substituents is 1. The highest BCUT2D eigenvalue weighted by molar-refractivity contribution is 6.34. The van der Waals surface area contributed by atoms with Gasteiger partial charge in [0.1, 0.15) is 5.75 Å². The molecule has 3 rings (SSSR count). The number of rotatable bonds is 1. The van der Waals surface area contributed by atoms with Gasteiger partial charge < -0.3 is 15.7 Å². The van der Waals surface area contributed by atoms with Crippen LogP contribution < -0.4 is 10.6 Å². The lowest BCUT2D eigenvalue weighted by Gasteiger charge is -2.33. The van der Waals surface area contributed by atoms with Crippen molar-refractivity contribution in [2.75, 3.05) is 11.4 Å². The predicted molar refractivity (Wildman–Crippen MR) is 82.8 cm³/mol. The monoisotopic (exact) mass is 302 g/mol. The minimum absolute atomic E-state index is 0.0183. The van der Waals surface area contributed by atoms with E-state index in [0.717, 1.165) is 11.3 Å². The second-order valence-corrected chi connectivity index (χ2v) is 5.48. The van der Waals surface area contributed by atoms with Crippen LogP contribution in [0.1, 0.15) is 28.4 Å². The fraction of sp³-hybridized carbons (Fsp3) is 0.188. The van der Waals surface area contributed by atoms with Gasteiger partial charge in [-0.2, -0.15) is 0 Å². The lowest BCUT2D eigenvalue weighted by atomic mass is 9.96. The van der Waals surface area contributed by atoms with Crippen LogP contribution in [0.2, 0.25) is 5.02 Å². The number of halogens is 1. The predicted octanol–water partition coefficient (Wildman–Crippen LogP) is 3.10. The Morgan fingerprint density at radius 1 is 1.29 bits per heavy atom. The van der Waals surface area contributed by atoms with Crippen LogP contribution in [0.3, 0.4) is 0 Å². The Balaban J connectivity index is 2.03. The smallest absolute Gasteiger partial charge is 0.259 e. The Morgan fingerprint density at radius 3 is 2.86 bits per heavy atom. The van der Waals surface area contributed by atoms with E-state index in [1.165, 1.54) is 18.2 Å². The van der Waals surface area contributed by atoms with E-state index >= 15 is 0 Å². The SMILES string of the molecule is NC1CCN(C(=O)c2cc(O)ccc2Cl)c2ccccc21. The molecule has 1 heterocycles. The summed E-state index contributed by atoms with van der Waals surface area (Å²) in [6.45, 7) is 0.531. The van der Waals surface area contributed by atoms with Crippen molar-refractivity contribution in [1.82, 2.24) is 0 Å². The second kappa shape index (κ2) is 5.39. The molecule has 21 heavy (non-hydrogen) atoms. The van der Waals surface area contributed by atoms with E-state index in [4.69, 9.17) is 17.3 Å². The topological polar surface area (TPSA) is 66.6 Å². The van der Waals surface area contributed by atoms with Gasteiger partial charge >= 0.3 is 0 Å². The largest absolute Gasteiger partial charge is 0.508 e. The van der Waals surface area contributed by atoms with Gasteiger partial charge in [0.25, 0.3) is 5.91 Å². The number of benzene rings is 2. The van der Waals surface area contributed by atoms with Crippen molar-refractivity contribution < 1.29 is 9.90 Å². The summed E-state index contributed by atoms with van der Waals surface area (Å²) in [6, 6.07) is 11.9. The van der Waals surface area contributed by atoms with Crippen LogP contribution in [-0.2, 0) is 0 Å². The Morgan fingerprint density at radius 2 is 2.05 bits per heavy atom. The molecule has 0 aliphatic carbocycles. The van der Waals surface area contributed by atoms with E-state index in [2.05, 4.69) is 0 Å². The average Bonchev–Trinajstić information content (AvgIpc) is 2.50. The lowest BCUT2D eigenvalue weighted by Crippen LogP contribution is -2.38. The van der Waals surface area contributed by atoms with Crippen LogP contribution in [0.4, 0.5) is 5.69 Å². The summed E-state index contributed by atoms with van der Waals surface area (Å²) in [7, 11) is 0. The fourth-order valence-electron chi connectivity index (χ4n) is 2.62. The first-order chi connectivity index (χ1) is 10.1. The quantitative estimate of drug-likeness (QED) is 0.850. The highest BCUT2D eigenvalue weighted by Crippen LogP contribution is 2.34. The van der Waals surface area contributed by atoms with Crippen molar-refractivity contribution in [2.24, 2.45) is 5.73 Å². The molecule has 2 aromatic carbocycles. The highest BCUT2D eigenvalue weighted by Gasteiger charge is 2.28. The molecule has 0 bridgehead atoms. The number of phenols is 1. The Kier molecular flexibility index (Phi) is 3.57. The van der Waals surface area contributed by atoms with Crippen molar-refractivity contribution in [3.63, 3.8) is 0 Å². The van der Waals surface area contributed by atoms with Gasteiger partial charge in [-0.05, 0) is 36.2 Å². The zero-order valence-corrected chi connectivity index (χ0v) is 12.0. The van der Waals surface area contributed by atoms with Crippen molar-refractivity contribution in [2.45, 2.75) is 12.5 Å². The molecule has 1 aliphatic heterocycles.